The third-order valence-corrected chi connectivity index (χ3v) is 2.23. The highest BCUT2D eigenvalue weighted by Crippen LogP contribution is 2.32. The average Bonchev–Trinajstić information content (AvgIpc) is 2.19. The lowest BCUT2D eigenvalue weighted by Gasteiger charge is -2.06. The Hall–Kier alpha value is -2.10. The molecule has 4 nitrogen and oxygen atoms in total. The summed E-state index contributed by atoms with van der Waals surface area (Å²) in [5.41, 5.74) is 2.30. The largest absolute Gasteiger partial charge is 0.506 e. The van der Waals surface area contributed by atoms with Crippen molar-refractivity contribution in [2.45, 2.75) is 13.8 Å². The first-order valence-electron chi connectivity index (χ1n) is 4.89. The molecule has 4 heteroatoms. The Morgan fingerprint density at radius 1 is 0.812 bits per heavy atom. The molecule has 2 aromatic rings. The lowest BCUT2D eigenvalue weighted by Crippen LogP contribution is -1.90. The minimum Gasteiger partial charge on any atom is -0.506 e. The van der Waals surface area contributed by atoms with Crippen molar-refractivity contribution >= 4 is 0 Å². The van der Waals surface area contributed by atoms with E-state index in [0.29, 0.717) is 11.4 Å². The maximum atomic E-state index is 9.72. The number of nitrogens with zero attached hydrogens (tertiary/aromatic N) is 2. The van der Waals surface area contributed by atoms with Crippen LogP contribution in [0, 0.1) is 13.8 Å². The van der Waals surface area contributed by atoms with Crippen LogP contribution in [0.4, 0.5) is 0 Å². The SMILES string of the molecule is Cc1cnc(-c2ncc(C)cc2O)c(O)c1. The molecule has 0 aliphatic rings. The van der Waals surface area contributed by atoms with E-state index in [9.17, 15) is 10.2 Å². The molecule has 82 valence electrons. The number of hydrogen-bond acceptors (Lipinski definition) is 4. The summed E-state index contributed by atoms with van der Waals surface area (Å²) in [6.07, 6.45) is 3.24. The molecule has 0 aromatic carbocycles. The standard InChI is InChI=1S/C12H12N2O2/c1-7-3-9(15)11(13-5-7)12-10(16)4-8(2)6-14-12/h3-6,15-16H,1-2H3. The van der Waals surface area contributed by atoms with Gasteiger partial charge in [-0.2, -0.15) is 0 Å². The lowest BCUT2D eigenvalue weighted by molar-refractivity contribution is 0.464. The Morgan fingerprint density at radius 3 is 1.50 bits per heavy atom. The Kier molecular flexibility index (Phi) is 2.48. The summed E-state index contributed by atoms with van der Waals surface area (Å²) in [5, 5.41) is 19.4. The van der Waals surface area contributed by atoms with Crippen LogP contribution >= 0.6 is 0 Å². The van der Waals surface area contributed by atoms with Crippen LogP contribution in [-0.4, -0.2) is 20.2 Å². The molecule has 2 rings (SSSR count). The number of aryl methyl sites for hydroxylation is 2. The molecule has 2 N–H and O–H groups in total. The molecule has 0 radical (unpaired) electrons. The van der Waals surface area contributed by atoms with E-state index in [1.54, 1.807) is 24.5 Å². The normalized spacial score (nSPS) is 10.4. The van der Waals surface area contributed by atoms with Gasteiger partial charge in [-0.1, -0.05) is 0 Å². The minimum atomic E-state index is 0.0200. The second-order valence-corrected chi connectivity index (χ2v) is 3.76. The van der Waals surface area contributed by atoms with Gasteiger partial charge in [0.1, 0.15) is 22.9 Å². The van der Waals surface area contributed by atoms with Gasteiger partial charge in [-0.05, 0) is 37.1 Å². The fourth-order valence-electron chi connectivity index (χ4n) is 1.47. The van der Waals surface area contributed by atoms with Gasteiger partial charge < -0.3 is 10.2 Å². The molecule has 16 heavy (non-hydrogen) atoms. The summed E-state index contributed by atoms with van der Waals surface area (Å²) in [7, 11) is 0. The van der Waals surface area contributed by atoms with E-state index in [0.717, 1.165) is 11.1 Å². The van der Waals surface area contributed by atoms with Gasteiger partial charge >= 0.3 is 0 Å². The number of aromatic nitrogens is 2. The summed E-state index contributed by atoms with van der Waals surface area (Å²) in [6, 6.07) is 3.17. The Morgan fingerprint density at radius 2 is 1.19 bits per heavy atom. The molecular weight excluding hydrogens is 204 g/mol. The summed E-state index contributed by atoms with van der Waals surface area (Å²) >= 11 is 0. The average molecular weight is 216 g/mol. The molecule has 0 bridgehead atoms. The van der Waals surface area contributed by atoms with Crippen molar-refractivity contribution in [1.29, 1.82) is 0 Å². The molecule has 0 saturated heterocycles. The van der Waals surface area contributed by atoms with Crippen LogP contribution in [0.5, 0.6) is 11.5 Å². The topological polar surface area (TPSA) is 66.2 Å². The Balaban J connectivity index is 2.59. The third kappa shape index (κ3) is 1.82. The van der Waals surface area contributed by atoms with Crippen LogP contribution in [0.1, 0.15) is 11.1 Å². The number of aromatic hydroxyl groups is 2. The van der Waals surface area contributed by atoms with Crippen LogP contribution in [0.15, 0.2) is 24.5 Å². The van der Waals surface area contributed by atoms with E-state index in [2.05, 4.69) is 9.97 Å². The van der Waals surface area contributed by atoms with Crippen molar-refractivity contribution in [3.8, 4) is 22.9 Å². The predicted octanol–water partition coefficient (Wildman–Crippen LogP) is 2.17. The van der Waals surface area contributed by atoms with Crippen LogP contribution in [0.25, 0.3) is 11.4 Å². The Labute approximate surface area is 93.2 Å². The zero-order chi connectivity index (χ0) is 11.7. The summed E-state index contributed by atoms with van der Waals surface area (Å²) in [6.45, 7) is 3.66. The number of rotatable bonds is 1. The van der Waals surface area contributed by atoms with Crippen molar-refractivity contribution in [3.63, 3.8) is 0 Å². The lowest BCUT2D eigenvalue weighted by atomic mass is 10.1. The zero-order valence-electron chi connectivity index (χ0n) is 9.10. The van der Waals surface area contributed by atoms with Crippen LogP contribution < -0.4 is 0 Å². The van der Waals surface area contributed by atoms with Gasteiger partial charge in [0.15, 0.2) is 0 Å². The van der Waals surface area contributed by atoms with E-state index in [1.807, 2.05) is 13.8 Å². The minimum absolute atomic E-state index is 0.0200. The van der Waals surface area contributed by atoms with Gasteiger partial charge in [0.05, 0.1) is 0 Å². The maximum Gasteiger partial charge on any atom is 0.143 e. The molecule has 2 aromatic heterocycles. The molecule has 0 unspecified atom stereocenters. The van der Waals surface area contributed by atoms with Gasteiger partial charge in [-0.15, -0.1) is 0 Å². The molecule has 0 fully saturated rings. The fourth-order valence-corrected chi connectivity index (χ4v) is 1.47. The van der Waals surface area contributed by atoms with E-state index in [1.165, 1.54) is 0 Å². The maximum absolute atomic E-state index is 9.72. The highest BCUT2D eigenvalue weighted by atomic mass is 16.3. The third-order valence-electron chi connectivity index (χ3n) is 2.23. The first-order valence-corrected chi connectivity index (χ1v) is 4.89. The van der Waals surface area contributed by atoms with Crippen molar-refractivity contribution in [2.75, 3.05) is 0 Å². The second kappa shape index (κ2) is 3.81. The molecule has 0 spiro atoms. The molecule has 0 aliphatic heterocycles. The molecule has 0 amide bonds. The highest BCUT2D eigenvalue weighted by Gasteiger charge is 2.12. The summed E-state index contributed by atoms with van der Waals surface area (Å²) in [5.74, 6) is 0.0401. The van der Waals surface area contributed by atoms with Crippen LogP contribution in [-0.2, 0) is 0 Å². The van der Waals surface area contributed by atoms with Crippen LogP contribution in [0.3, 0.4) is 0 Å². The van der Waals surface area contributed by atoms with E-state index in [-0.39, 0.29) is 11.5 Å². The quantitative estimate of drug-likeness (QED) is 0.766. The zero-order valence-corrected chi connectivity index (χ0v) is 9.10. The van der Waals surface area contributed by atoms with Crippen molar-refractivity contribution in [3.05, 3.63) is 35.7 Å². The van der Waals surface area contributed by atoms with Crippen molar-refractivity contribution in [2.24, 2.45) is 0 Å². The van der Waals surface area contributed by atoms with Gasteiger partial charge in [0.2, 0.25) is 0 Å². The van der Waals surface area contributed by atoms with Gasteiger partial charge in [-0.25, -0.2) is 0 Å². The molecule has 0 saturated carbocycles. The van der Waals surface area contributed by atoms with E-state index < -0.39 is 0 Å². The fraction of sp³-hybridized carbons (Fsp3) is 0.167. The smallest absolute Gasteiger partial charge is 0.143 e. The van der Waals surface area contributed by atoms with Gasteiger partial charge in [0.25, 0.3) is 0 Å². The predicted molar refractivity (Wildman–Crippen MR) is 60.3 cm³/mol. The van der Waals surface area contributed by atoms with E-state index >= 15 is 0 Å². The van der Waals surface area contributed by atoms with Crippen LogP contribution in [0.2, 0.25) is 0 Å². The highest BCUT2D eigenvalue weighted by molar-refractivity contribution is 5.68. The number of hydrogen-bond donors (Lipinski definition) is 2. The monoisotopic (exact) mass is 216 g/mol. The van der Waals surface area contributed by atoms with Crippen molar-refractivity contribution < 1.29 is 10.2 Å². The molecular formula is C12H12N2O2. The molecule has 0 atom stereocenters. The van der Waals surface area contributed by atoms with Gasteiger partial charge in [0, 0.05) is 12.4 Å². The second-order valence-electron chi connectivity index (χ2n) is 3.76. The number of pyridine rings is 2. The summed E-state index contributed by atoms with van der Waals surface area (Å²) < 4.78 is 0. The molecule has 2 heterocycles. The first-order chi connectivity index (χ1) is 7.58. The summed E-state index contributed by atoms with van der Waals surface area (Å²) in [4.78, 5) is 8.13. The van der Waals surface area contributed by atoms with Crippen molar-refractivity contribution in [1.82, 2.24) is 9.97 Å². The van der Waals surface area contributed by atoms with Gasteiger partial charge in [-0.3, -0.25) is 9.97 Å². The van der Waals surface area contributed by atoms with E-state index in [4.69, 9.17) is 0 Å². The Bertz CT molecular complexity index is 489. The first kappa shape index (κ1) is 10.4. The molecule has 0 aliphatic carbocycles.